The average molecular weight is 538 g/mol. The smallest absolute Gasteiger partial charge is 0.272 e. The van der Waals surface area contributed by atoms with E-state index >= 15 is 0 Å². The van der Waals surface area contributed by atoms with Crippen LogP contribution in [0, 0.1) is 28.6 Å². The Balaban J connectivity index is 1.46. The van der Waals surface area contributed by atoms with Crippen molar-refractivity contribution in [1.82, 2.24) is 24.5 Å². The van der Waals surface area contributed by atoms with Gasteiger partial charge in [-0.05, 0) is 31.4 Å². The van der Waals surface area contributed by atoms with Crippen LogP contribution in [0.5, 0.6) is 5.88 Å². The molecule has 12 nitrogen and oxygen atoms in total. The lowest BCUT2D eigenvalue weighted by atomic mass is 10.1. The van der Waals surface area contributed by atoms with E-state index in [-0.39, 0.29) is 41.5 Å². The molecule has 0 aromatic carbocycles. The Labute approximate surface area is 222 Å². The minimum absolute atomic E-state index is 0.0223. The average Bonchev–Trinajstić information content (AvgIpc) is 3.59. The third-order valence-electron chi connectivity index (χ3n) is 6.51. The van der Waals surface area contributed by atoms with Gasteiger partial charge in [-0.15, -0.1) is 5.10 Å². The fourth-order valence-electron chi connectivity index (χ4n) is 4.54. The molecule has 14 heteroatoms. The molecule has 0 unspecified atom stereocenters. The van der Waals surface area contributed by atoms with Gasteiger partial charge in [0, 0.05) is 38.4 Å². The van der Waals surface area contributed by atoms with Gasteiger partial charge in [0.15, 0.2) is 17.9 Å². The summed E-state index contributed by atoms with van der Waals surface area (Å²) in [6.07, 6.45) is 0.758. The summed E-state index contributed by atoms with van der Waals surface area (Å²) >= 11 is 0. The number of ether oxygens (including phenoxy) is 2. The SMILES string of the molecule is N#Cc1cnc2c(Nc3ccc(C(=O)N4CC[C@@H](C#N)C4)c(OCC(F)F)n3)cc(NC3CCOCC3)nn12. The monoisotopic (exact) mass is 537 g/mol. The number of rotatable bonds is 8. The van der Waals surface area contributed by atoms with Gasteiger partial charge in [-0.3, -0.25) is 4.79 Å². The molecule has 2 N–H and O–H groups in total. The topological polar surface area (TPSA) is 153 Å². The second kappa shape index (κ2) is 11.4. The lowest BCUT2D eigenvalue weighted by Gasteiger charge is -2.24. The van der Waals surface area contributed by atoms with Crippen molar-refractivity contribution in [2.24, 2.45) is 5.92 Å². The Hall–Kier alpha value is -4.56. The van der Waals surface area contributed by atoms with Crippen molar-refractivity contribution in [1.29, 1.82) is 10.5 Å². The molecular weight excluding hydrogens is 512 g/mol. The largest absolute Gasteiger partial charge is 0.471 e. The van der Waals surface area contributed by atoms with Crippen molar-refractivity contribution in [3.05, 3.63) is 35.7 Å². The first kappa shape index (κ1) is 26.1. The summed E-state index contributed by atoms with van der Waals surface area (Å²) < 4.78 is 38.0. The summed E-state index contributed by atoms with van der Waals surface area (Å²) in [6.45, 7) is 0.948. The number of anilines is 3. The van der Waals surface area contributed by atoms with Gasteiger partial charge in [-0.1, -0.05) is 0 Å². The summed E-state index contributed by atoms with van der Waals surface area (Å²) in [4.78, 5) is 23.2. The molecule has 0 saturated carbocycles. The highest BCUT2D eigenvalue weighted by molar-refractivity contribution is 5.97. The van der Waals surface area contributed by atoms with E-state index in [4.69, 9.17) is 14.7 Å². The van der Waals surface area contributed by atoms with Crippen molar-refractivity contribution in [2.75, 3.05) is 43.5 Å². The van der Waals surface area contributed by atoms with Crippen molar-refractivity contribution >= 4 is 28.9 Å². The number of halogens is 2. The van der Waals surface area contributed by atoms with Crippen LogP contribution in [0.1, 0.15) is 35.3 Å². The summed E-state index contributed by atoms with van der Waals surface area (Å²) in [5.74, 6) is -0.277. The minimum Gasteiger partial charge on any atom is -0.471 e. The Kier molecular flexibility index (Phi) is 7.65. The Morgan fingerprint density at radius 3 is 2.77 bits per heavy atom. The maximum Gasteiger partial charge on any atom is 0.272 e. The molecule has 1 amide bonds. The molecule has 2 aliphatic heterocycles. The van der Waals surface area contributed by atoms with E-state index in [9.17, 15) is 18.8 Å². The lowest BCUT2D eigenvalue weighted by molar-refractivity contribution is 0.0723. The molecule has 202 valence electrons. The summed E-state index contributed by atoms with van der Waals surface area (Å²) in [5, 5.41) is 29.6. The van der Waals surface area contributed by atoms with Crippen LogP contribution in [0.15, 0.2) is 24.4 Å². The molecule has 2 aliphatic rings. The summed E-state index contributed by atoms with van der Waals surface area (Å²) in [5.41, 5.74) is 1.04. The quantitative estimate of drug-likeness (QED) is 0.438. The van der Waals surface area contributed by atoms with Crippen LogP contribution in [0.2, 0.25) is 0 Å². The number of nitrogens with one attached hydrogen (secondary N) is 2. The molecule has 39 heavy (non-hydrogen) atoms. The van der Waals surface area contributed by atoms with Crippen molar-refractivity contribution < 1.29 is 23.0 Å². The number of hydrogen-bond donors (Lipinski definition) is 2. The number of imidazole rings is 1. The number of likely N-dealkylation sites (tertiary alicyclic amines) is 1. The maximum atomic E-state index is 13.1. The van der Waals surface area contributed by atoms with Crippen LogP contribution in [0.25, 0.3) is 5.65 Å². The Bertz CT molecular complexity index is 1440. The van der Waals surface area contributed by atoms with Crippen LogP contribution < -0.4 is 15.4 Å². The third-order valence-corrected chi connectivity index (χ3v) is 6.51. The maximum absolute atomic E-state index is 13.1. The molecule has 0 radical (unpaired) electrons. The fraction of sp³-hybridized carbons (Fsp3) is 0.440. The molecule has 2 saturated heterocycles. The number of aromatic nitrogens is 4. The zero-order valence-corrected chi connectivity index (χ0v) is 20.8. The first-order chi connectivity index (χ1) is 18.9. The summed E-state index contributed by atoms with van der Waals surface area (Å²) in [6, 6.07) is 9.02. The second-order valence-corrected chi connectivity index (χ2v) is 9.21. The summed E-state index contributed by atoms with van der Waals surface area (Å²) in [7, 11) is 0. The van der Waals surface area contributed by atoms with Gasteiger partial charge in [0.1, 0.15) is 23.3 Å². The van der Waals surface area contributed by atoms with E-state index in [0.29, 0.717) is 43.3 Å². The van der Waals surface area contributed by atoms with Crippen LogP contribution >= 0.6 is 0 Å². The van der Waals surface area contributed by atoms with E-state index in [1.165, 1.54) is 27.7 Å². The predicted molar refractivity (Wildman–Crippen MR) is 134 cm³/mol. The van der Waals surface area contributed by atoms with E-state index in [0.717, 1.165) is 12.8 Å². The van der Waals surface area contributed by atoms with E-state index in [1.807, 2.05) is 0 Å². The Morgan fingerprint density at radius 2 is 2.05 bits per heavy atom. The highest BCUT2D eigenvalue weighted by Gasteiger charge is 2.29. The lowest BCUT2D eigenvalue weighted by Crippen LogP contribution is -2.29. The van der Waals surface area contributed by atoms with Crippen LogP contribution in [-0.2, 0) is 4.74 Å². The van der Waals surface area contributed by atoms with Crippen LogP contribution in [-0.4, -0.2) is 75.8 Å². The fourth-order valence-corrected chi connectivity index (χ4v) is 4.54. The van der Waals surface area contributed by atoms with Crippen molar-refractivity contribution in [2.45, 2.75) is 31.7 Å². The highest BCUT2D eigenvalue weighted by Crippen LogP contribution is 2.29. The first-order valence-corrected chi connectivity index (χ1v) is 12.5. The van der Waals surface area contributed by atoms with Crippen molar-refractivity contribution in [3.8, 4) is 18.0 Å². The first-order valence-electron chi connectivity index (χ1n) is 12.5. The normalized spacial score (nSPS) is 17.7. The molecule has 3 aromatic heterocycles. The highest BCUT2D eigenvalue weighted by atomic mass is 19.3. The number of fused-ring (bicyclic) bond motifs is 1. The van der Waals surface area contributed by atoms with Crippen molar-refractivity contribution in [3.63, 3.8) is 0 Å². The van der Waals surface area contributed by atoms with Crippen LogP contribution in [0.3, 0.4) is 0 Å². The minimum atomic E-state index is -2.77. The number of alkyl halides is 2. The molecular formula is C25H25F2N9O3. The number of carbonyl (C=O) groups excluding carboxylic acids is 1. The molecule has 5 heterocycles. The molecule has 3 aromatic rings. The van der Waals surface area contributed by atoms with Gasteiger partial charge in [0.05, 0.1) is 23.9 Å². The zero-order valence-electron chi connectivity index (χ0n) is 20.8. The van der Waals surface area contributed by atoms with E-state index in [1.54, 1.807) is 6.07 Å². The van der Waals surface area contributed by atoms with Gasteiger partial charge in [-0.25, -0.2) is 13.8 Å². The number of nitriles is 2. The van der Waals surface area contributed by atoms with Gasteiger partial charge in [0.25, 0.3) is 12.3 Å². The standard InChI is InChI=1S/C25H25F2N9O3/c26-20(27)14-39-24-18(25(37)35-6-3-15(10-28)13-35)1-2-21(33-24)32-19-9-22(31-16-4-7-38-8-5-16)34-36-17(11-29)12-30-23(19)36/h1-2,9,12,15-16,20H,3-8,13-14H2,(H,31,34)(H,32,33)/t15-/m0/s1. The number of amides is 1. The zero-order chi connectivity index (χ0) is 27.4. The molecule has 5 rings (SSSR count). The molecule has 0 bridgehead atoms. The molecule has 0 aliphatic carbocycles. The molecule has 2 fully saturated rings. The van der Waals surface area contributed by atoms with E-state index < -0.39 is 18.9 Å². The number of carbonyl (C=O) groups is 1. The Morgan fingerprint density at radius 1 is 1.23 bits per heavy atom. The number of nitrogens with zero attached hydrogens (tertiary/aromatic N) is 7. The third kappa shape index (κ3) is 5.81. The second-order valence-electron chi connectivity index (χ2n) is 9.21. The predicted octanol–water partition coefficient (Wildman–Crippen LogP) is 2.96. The van der Waals surface area contributed by atoms with Gasteiger partial charge < -0.3 is 25.0 Å². The van der Waals surface area contributed by atoms with Gasteiger partial charge in [0.2, 0.25) is 5.88 Å². The van der Waals surface area contributed by atoms with E-state index in [2.05, 4.69) is 37.8 Å². The molecule has 1 atom stereocenters. The number of pyridine rings is 1. The number of hydrogen-bond acceptors (Lipinski definition) is 10. The van der Waals surface area contributed by atoms with Gasteiger partial charge in [-0.2, -0.15) is 20.0 Å². The van der Waals surface area contributed by atoms with Gasteiger partial charge >= 0.3 is 0 Å². The molecule has 0 spiro atoms. The van der Waals surface area contributed by atoms with Crippen LogP contribution in [0.4, 0.5) is 26.1 Å².